The summed E-state index contributed by atoms with van der Waals surface area (Å²) in [6, 6.07) is 47.9. The van der Waals surface area contributed by atoms with E-state index in [1.165, 1.54) is 62.6 Å². The van der Waals surface area contributed by atoms with Crippen LogP contribution in [-0.2, 0) is 0 Å². The largest absolute Gasteiger partial charge is 0.236 e. The van der Waals surface area contributed by atoms with Crippen LogP contribution >= 0.6 is 22.7 Å². The van der Waals surface area contributed by atoms with E-state index in [9.17, 15) is 0 Å². The Bertz CT molecular complexity index is 2290. The number of rotatable bonds is 4. The molecule has 0 aliphatic heterocycles. The molecule has 0 aliphatic rings. The van der Waals surface area contributed by atoms with Crippen molar-refractivity contribution in [2.24, 2.45) is 0 Å². The molecule has 9 aromatic rings. The zero-order chi connectivity index (χ0) is 29.0. The Morgan fingerprint density at radius 3 is 1.30 bits per heavy atom. The van der Waals surface area contributed by atoms with Crippen LogP contribution in [0.25, 0.3) is 85.1 Å². The summed E-state index contributed by atoms with van der Waals surface area (Å²) >= 11 is 3.72. The SMILES string of the molecule is c1ccc2c(c1)sc1c(-c3ccc(-c4cnc(-c5ccc(-c6cccc7c6sc6ccccc67)cc5)nc4)cc3)cccc12. The van der Waals surface area contributed by atoms with Gasteiger partial charge in [0, 0.05) is 63.9 Å². The Labute approximate surface area is 262 Å². The van der Waals surface area contributed by atoms with Crippen LogP contribution in [0, 0.1) is 0 Å². The maximum absolute atomic E-state index is 4.74. The van der Waals surface area contributed by atoms with E-state index in [-0.39, 0.29) is 0 Å². The molecule has 0 saturated heterocycles. The summed E-state index contributed by atoms with van der Waals surface area (Å²) in [5.74, 6) is 0.730. The zero-order valence-electron chi connectivity index (χ0n) is 23.6. The van der Waals surface area contributed by atoms with Crippen molar-refractivity contribution in [3.63, 3.8) is 0 Å². The van der Waals surface area contributed by atoms with Gasteiger partial charge in [0.2, 0.25) is 0 Å². The highest BCUT2D eigenvalue weighted by atomic mass is 32.1. The van der Waals surface area contributed by atoms with Gasteiger partial charge in [-0.15, -0.1) is 22.7 Å². The van der Waals surface area contributed by atoms with Gasteiger partial charge in [-0.2, -0.15) is 0 Å². The van der Waals surface area contributed by atoms with Crippen molar-refractivity contribution in [2.75, 3.05) is 0 Å². The molecule has 0 N–H and O–H groups in total. The minimum atomic E-state index is 0.730. The summed E-state index contributed by atoms with van der Waals surface area (Å²) in [6.45, 7) is 0. The number of hydrogen-bond donors (Lipinski definition) is 0. The van der Waals surface area contributed by atoms with Crippen molar-refractivity contribution in [1.29, 1.82) is 0 Å². The molecule has 9 rings (SSSR count). The molecule has 0 saturated carbocycles. The van der Waals surface area contributed by atoms with Crippen LogP contribution in [0.3, 0.4) is 0 Å². The van der Waals surface area contributed by atoms with Crippen LogP contribution in [0.2, 0.25) is 0 Å². The minimum absolute atomic E-state index is 0.730. The Hall–Kier alpha value is -5.16. The monoisotopic (exact) mass is 596 g/mol. The first kappa shape index (κ1) is 25.3. The average molecular weight is 597 g/mol. The second-order valence-electron chi connectivity index (χ2n) is 11.0. The molecule has 0 spiro atoms. The first-order valence-electron chi connectivity index (χ1n) is 14.6. The normalized spacial score (nSPS) is 11.6. The van der Waals surface area contributed by atoms with Gasteiger partial charge in [0.15, 0.2) is 5.82 Å². The van der Waals surface area contributed by atoms with Gasteiger partial charge >= 0.3 is 0 Å². The van der Waals surface area contributed by atoms with Crippen molar-refractivity contribution in [3.05, 3.63) is 146 Å². The molecule has 0 unspecified atom stereocenters. The fourth-order valence-electron chi connectivity index (χ4n) is 6.22. The quantitative estimate of drug-likeness (QED) is 0.202. The molecule has 3 heterocycles. The van der Waals surface area contributed by atoms with E-state index in [0.717, 1.165) is 22.5 Å². The molecule has 6 aromatic carbocycles. The standard InChI is InChI=1S/C40H24N2S2/c1-3-13-36-32(7-1)34-11-5-9-30(38(34)43-36)26-17-15-25(16-18-26)29-23-41-40(42-24-29)28-21-19-27(20-22-28)31-10-6-12-35-33-8-2-4-14-37(33)44-39(31)35/h1-24H. The van der Waals surface area contributed by atoms with E-state index in [2.05, 4.69) is 133 Å². The maximum atomic E-state index is 4.74. The third kappa shape index (κ3) is 4.15. The van der Waals surface area contributed by atoms with Gasteiger partial charge in [-0.05, 0) is 39.9 Å². The van der Waals surface area contributed by atoms with Gasteiger partial charge in [0.25, 0.3) is 0 Å². The van der Waals surface area contributed by atoms with Crippen molar-refractivity contribution < 1.29 is 0 Å². The first-order chi connectivity index (χ1) is 21.8. The van der Waals surface area contributed by atoms with Crippen molar-refractivity contribution in [2.45, 2.75) is 0 Å². The van der Waals surface area contributed by atoms with Gasteiger partial charge in [0.05, 0.1) is 0 Å². The number of nitrogens with zero attached hydrogens (tertiary/aromatic N) is 2. The topological polar surface area (TPSA) is 25.8 Å². The Morgan fingerprint density at radius 1 is 0.341 bits per heavy atom. The summed E-state index contributed by atoms with van der Waals surface area (Å²) in [4.78, 5) is 9.49. The van der Waals surface area contributed by atoms with Crippen LogP contribution in [0.15, 0.2) is 146 Å². The number of hydrogen-bond acceptors (Lipinski definition) is 4. The van der Waals surface area contributed by atoms with E-state index < -0.39 is 0 Å². The lowest BCUT2D eigenvalue weighted by molar-refractivity contribution is 1.18. The second-order valence-corrected chi connectivity index (χ2v) is 13.1. The molecule has 0 fully saturated rings. The van der Waals surface area contributed by atoms with Crippen LogP contribution < -0.4 is 0 Å². The molecular weight excluding hydrogens is 573 g/mol. The molecule has 0 atom stereocenters. The molecule has 4 heteroatoms. The van der Waals surface area contributed by atoms with Gasteiger partial charge in [-0.25, -0.2) is 9.97 Å². The Balaban J connectivity index is 0.986. The lowest BCUT2D eigenvalue weighted by Gasteiger charge is -2.08. The summed E-state index contributed by atoms with van der Waals surface area (Å²) in [5.41, 5.74) is 8.08. The van der Waals surface area contributed by atoms with Gasteiger partial charge < -0.3 is 0 Å². The highest BCUT2D eigenvalue weighted by Gasteiger charge is 2.12. The lowest BCUT2D eigenvalue weighted by Crippen LogP contribution is -1.90. The van der Waals surface area contributed by atoms with Crippen molar-refractivity contribution in [3.8, 4) is 44.8 Å². The molecule has 2 nitrogen and oxygen atoms in total. The number of benzene rings is 6. The maximum Gasteiger partial charge on any atom is 0.159 e. The fourth-order valence-corrected chi connectivity index (χ4v) is 8.69. The fraction of sp³-hybridized carbons (Fsp3) is 0. The smallest absolute Gasteiger partial charge is 0.159 e. The molecule has 3 aromatic heterocycles. The predicted octanol–water partition coefficient (Wildman–Crippen LogP) is 11.9. The Kier molecular flexibility index (Phi) is 5.90. The zero-order valence-corrected chi connectivity index (χ0v) is 25.2. The summed E-state index contributed by atoms with van der Waals surface area (Å²) in [6.07, 6.45) is 3.85. The third-order valence-electron chi connectivity index (χ3n) is 8.44. The molecule has 0 radical (unpaired) electrons. The molecule has 0 bridgehead atoms. The number of thiophene rings is 2. The van der Waals surface area contributed by atoms with Crippen LogP contribution in [0.1, 0.15) is 0 Å². The van der Waals surface area contributed by atoms with Crippen LogP contribution in [-0.4, -0.2) is 9.97 Å². The number of fused-ring (bicyclic) bond motifs is 6. The van der Waals surface area contributed by atoms with Gasteiger partial charge in [0.1, 0.15) is 0 Å². The molecule has 206 valence electrons. The summed E-state index contributed by atoms with van der Waals surface area (Å²) in [7, 11) is 0. The number of aromatic nitrogens is 2. The van der Waals surface area contributed by atoms with Crippen molar-refractivity contribution >= 4 is 63.0 Å². The van der Waals surface area contributed by atoms with E-state index in [1.807, 2.05) is 35.1 Å². The second kappa shape index (κ2) is 10.2. The molecular formula is C40H24N2S2. The molecule has 0 amide bonds. The predicted molar refractivity (Wildman–Crippen MR) is 190 cm³/mol. The van der Waals surface area contributed by atoms with Gasteiger partial charge in [-0.1, -0.05) is 121 Å². The highest BCUT2D eigenvalue weighted by molar-refractivity contribution is 7.26. The van der Waals surface area contributed by atoms with Crippen LogP contribution in [0.4, 0.5) is 0 Å². The van der Waals surface area contributed by atoms with E-state index in [1.54, 1.807) is 0 Å². The Morgan fingerprint density at radius 2 is 0.773 bits per heavy atom. The third-order valence-corrected chi connectivity index (χ3v) is 10.9. The van der Waals surface area contributed by atoms with Crippen molar-refractivity contribution in [1.82, 2.24) is 9.97 Å². The van der Waals surface area contributed by atoms with E-state index >= 15 is 0 Å². The van der Waals surface area contributed by atoms with Gasteiger partial charge in [-0.3, -0.25) is 0 Å². The average Bonchev–Trinajstić information content (AvgIpc) is 3.67. The summed E-state index contributed by atoms with van der Waals surface area (Å²) < 4.78 is 5.31. The molecule has 0 aliphatic carbocycles. The summed E-state index contributed by atoms with van der Waals surface area (Å²) in [5, 5.41) is 5.28. The van der Waals surface area contributed by atoms with E-state index in [4.69, 9.17) is 9.97 Å². The molecule has 44 heavy (non-hydrogen) atoms. The van der Waals surface area contributed by atoms with Crippen LogP contribution in [0.5, 0.6) is 0 Å². The minimum Gasteiger partial charge on any atom is -0.236 e. The first-order valence-corrected chi connectivity index (χ1v) is 16.3. The lowest BCUT2D eigenvalue weighted by atomic mass is 10.00. The highest BCUT2D eigenvalue weighted by Crippen LogP contribution is 2.41. The van der Waals surface area contributed by atoms with E-state index in [0.29, 0.717) is 0 Å².